The van der Waals surface area contributed by atoms with Gasteiger partial charge in [0.25, 0.3) is 0 Å². The lowest BCUT2D eigenvalue weighted by Gasteiger charge is -2.35. The Bertz CT molecular complexity index is 583. The maximum atomic E-state index is 12.9. The summed E-state index contributed by atoms with van der Waals surface area (Å²) >= 11 is 0. The summed E-state index contributed by atoms with van der Waals surface area (Å²) in [6, 6.07) is 0.231. The second kappa shape index (κ2) is 6.72. The van der Waals surface area contributed by atoms with Crippen molar-refractivity contribution in [3.05, 3.63) is 18.0 Å². The Morgan fingerprint density at radius 1 is 1.26 bits per heavy atom. The summed E-state index contributed by atoms with van der Waals surface area (Å²) in [7, 11) is 0. The molecular weight excluding hydrogens is 292 g/mol. The van der Waals surface area contributed by atoms with Crippen molar-refractivity contribution >= 4 is 11.8 Å². The number of carbonyl (C=O) groups is 2. The van der Waals surface area contributed by atoms with E-state index in [1.54, 1.807) is 6.92 Å². The lowest BCUT2D eigenvalue weighted by Crippen LogP contribution is -2.48. The molecule has 6 heteroatoms. The normalized spacial score (nSPS) is 25.0. The van der Waals surface area contributed by atoms with Gasteiger partial charge in [0.2, 0.25) is 11.8 Å². The minimum Gasteiger partial charge on any atom is -0.342 e. The summed E-state index contributed by atoms with van der Waals surface area (Å²) in [5, 5.41) is 4.35. The molecule has 3 heterocycles. The fourth-order valence-corrected chi connectivity index (χ4v) is 3.80. The first-order valence-electron chi connectivity index (χ1n) is 8.59. The van der Waals surface area contributed by atoms with Gasteiger partial charge in [-0.25, -0.2) is 0 Å². The van der Waals surface area contributed by atoms with E-state index in [0.29, 0.717) is 6.54 Å². The number of aryl methyl sites for hydroxylation is 1. The van der Waals surface area contributed by atoms with Gasteiger partial charge in [0.1, 0.15) is 0 Å². The van der Waals surface area contributed by atoms with Gasteiger partial charge in [-0.2, -0.15) is 5.10 Å². The molecule has 0 unspecified atom stereocenters. The highest BCUT2D eigenvalue weighted by atomic mass is 16.2. The number of amides is 2. The molecule has 3 rings (SSSR count). The van der Waals surface area contributed by atoms with Crippen LogP contribution < -0.4 is 0 Å². The van der Waals surface area contributed by atoms with Crippen molar-refractivity contribution < 1.29 is 9.59 Å². The van der Waals surface area contributed by atoms with Crippen molar-refractivity contribution in [2.45, 2.75) is 52.1 Å². The van der Waals surface area contributed by atoms with E-state index in [1.165, 1.54) is 0 Å². The zero-order valence-electron chi connectivity index (χ0n) is 14.1. The molecule has 2 aliphatic heterocycles. The van der Waals surface area contributed by atoms with Crippen LogP contribution in [0.25, 0.3) is 0 Å². The molecule has 2 atom stereocenters. The third kappa shape index (κ3) is 3.57. The van der Waals surface area contributed by atoms with Crippen molar-refractivity contribution in [2.75, 3.05) is 19.6 Å². The Balaban J connectivity index is 1.64. The molecule has 126 valence electrons. The van der Waals surface area contributed by atoms with Crippen LogP contribution in [0.5, 0.6) is 0 Å². The summed E-state index contributed by atoms with van der Waals surface area (Å²) in [6.07, 6.45) is 7.79. The molecule has 0 bridgehead atoms. The fraction of sp³-hybridized carbons (Fsp3) is 0.706. The Morgan fingerprint density at radius 3 is 2.74 bits per heavy atom. The average Bonchev–Trinajstić information content (AvgIpc) is 3.16. The first kappa shape index (κ1) is 16.0. The van der Waals surface area contributed by atoms with Gasteiger partial charge >= 0.3 is 0 Å². The van der Waals surface area contributed by atoms with Crippen molar-refractivity contribution in [3.63, 3.8) is 0 Å². The molecule has 1 aromatic rings. The van der Waals surface area contributed by atoms with Gasteiger partial charge in [-0.1, -0.05) is 0 Å². The van der Waals surface area contributed by atoms with Crippen LogP contribution in [0.3, 0.4) is 0 Å². The van der Waals surface area contributed by atoms with Crippen LogP contribution in [0.4, 0.5) is 0 Å². The molecule has 0 radical (unpaired) electrons. The van der Waals surface area contributed by atoms with E-state index in [4.69, 9.17) is 0 Å². The largest absolute Gasteiger partial charge is 0.342 e. The van der Waals surface area contributed by atoms with Crippen LogP contribution in [0.2, 0.25) is 0 Å². The van der Waals surface area contributed by atoms with Gasteiger partial charge in [-0.05, 0) is 38.2 Å². The lowest BCUT2D eigenvalue weighted by molar-refractivity contribution is -0.141. The topological polar surface area (TPSA) is 58.4 Å². The maximum absolute atomic E-state index is 12.9. The second-order valence-electron chi connectivity index (χ2n) is 6.87. The molecule has 1 aromatic heterocycles. The van der Waals surface area contributed by atoms with Crippen molar-refractivity contribution in [1.29, 1.82) is 0 Å². The highest BCUT2D eigenvalue weighted by molar-refractivity contribution is 5.81. The predicted octanol–water partition coefficient (Wildman–Crippen LogP) is 1.44. The summed E-state index contributed by atoms with van der Waals surface area (Å²) in [6.45, 7) is 6.58. The number of likely N-dealkylation sites (tertiary alicyclic amines) is 2. The van der Waals surface area contributed by atoms with Crippen LogP contribution in [0.15, 0.2) is 12.4 Å². The third-order valence-corrected chi connectivity index (χ3v) is 5.04. The maximum Gasteiger partial charge on any atom is 0.227 e. The molecular formula is C17H26N4O2. The molecule has 0 saturated carbocycles. The van der Waals surface area contributed by atoms with Crippen LogP contribution in [0, 0.1) is 12.8 Å². The molecule has 0 aliphatic carbocycles. The van der Waals surface area contributed by atoms with E-state index in [0.717, 1.165) is 50.9 Å². The molecule has 6 nitrogen and oxygen atoms in total. The zero-order valence-corrected chi connectivity index (χ0v) is 14.1. The summed E-state index contributed by atoms with van der Waals surface area (Å²) in [5.74, 6) is 0.266. The fourth-order valence-electron chi connectivity index (χ4n) is 3.80. The second-order valence-corrected chi connectivity index (χ2v) is 6.87. The summed E-state index contributed by atoms with van der Waals surface area (Å²) in [5.41, 5.74) is 1.14. The zero-order chi connectivity index (χ0) is 16.4. The molecule has 0 spiro atoms. The number of hydrogen-bond acceptors (Lipinski definition) is 3. The van der Waals surface area contributed by atoms with Gasteiger partial charge < -0.3 is 9.80 Å². The number of nitrogens with zero attached hydrogens (tertiary/aromatic N) is 4. The van der Waals surface area contributed by atoms with E-state index in [2.05, 4.69) is 5.10 Å². The molecule has 0 N–H and O–H groups in total. The minimum absolute atomic E-state index is 0.0346. The van der Waals surface area contributed by atoms with E-state index >= 15 is 0 Å². The molecule has 0 aromatic carbocycles. The van der Waals surface area contributed by atoms with Crippen LogP contribution in [-0.4, -0.2) is 57.1 Å². The molecule has 2 fully saturated rings. The molecule has 23 heavy (non-hydrogen) atoms. The first-order valence-corrected chi connectivity index (χ1v) is 8.59. The highest BCUT2D eigenvalue weighted by Crippen LogP contribution is 2.25. The lowest BCUT2D eigenvalue weighted by atomic mass is 9.96. The molecule has 2 saturated heterocycles. The Kier molecular flexibility index (Phi) is 4.68. The Labute approximate surface area is 137 Å². The van der Waals surface area contributed by atoms with Gasteiger partial charge in [-0.3, -0.25) is 14.3 Å². The Morgan fingerprint density at radius 2 is 2.04 bits per heavy atom. The average molecular weight is 318 g/mol. The predicted molar refractivity (Wildman–Crippen MR) is 86.7 cm³/mol. The number of rotatable bonds is 3. The monoisotopic (exact) mass is 318 g/mol. The van der Waals surface area contributed by atoms with E-state index in [-0.39, 0.29) is 23.8 Å². The number of piperidine rings is 1. The number of hydrogen-bond donors (Lipinski definition) is 0. The van der Waals surface area contributed by atoms with E-state index < -0.39 is 0 Å². The third-order valence-electron chi connectivity index (χ3n) is 5.04. The minimum atomic E-state index is -0.0346. The first-order chi connectivity index (χ1) is 11.0. The van der Waals surface area contributed by atoms with E-state index in [1.807, 2.05) is 33.8 Å². The SMILES string of the molecule is CC(=O)N1CCC[C@H](C(=O)N2CCC[C@H]2Cn2cc(C)cn2)C1. The van der Waals surface area contributed by atoms with Crippen LogP contribution in [-0.2, 0) is 16.1 Å². The van der Waals surface area contributed by atoms with Gasteiger partial charge in [0.05, 0.1) is 24.7 Å². The van der Waals surface area contributed by atoms with Gasteiger partial charge in [-0.15, -0.1) is 0 Å². The van der Waals surface area contributed by atoms with E-state index in [9.17, 15) is 9.59 Å². The number of carbonyl (C=O) groups excluding carboxylic acids is 2. The Hall–Kier alpha value is -1.85. The van der Waals surface area contributed by atoms with Crippen LogP contribution in [0.1, 0.15) is 38.2 Å². The molecule has 2 amide bonds. The van der Waals surface area contributed by atoms with Crippen molar-refractivity contribution in [2.24, 2.45) is 5.92 Å². The summed E-state index contributed by atoms with van der Waals surface area (Å²) < 4.78 is 1.94. The smallest absolute Gasteiger partial charge is 0.227 e. The molecule has 2 aliphatic rings. The highest BCUT2D eigenvalue weighted by Gasteiger charge is 2.35. The number of aromatic nitrogens is 2. The quantitative estimate of drug-likeness (QED) is 0.847. The van der Waals surface area contributed by atoms with Gasteiger partial charge in [0, 0.05) is 32.8 Å². The van der Waals surface area contributed by atoms with Crippen molar-refractivity contribution in [3.8, 4) is 0 Å². The van der Waals surface area contributed by atoms with Crippen LogP contribution >= 0.6 is 0 Å². The van der Waals surface area contributed by atoms with Crippen molar-refractivity contribution in [1.82, 2.24) is 19.6 Å². The van der Waals surface area contributed by atoms with Gasteiger partial charge in [0.15, 0.2) is 0 Å². The standard InChI is InChI=1S/C17H26N4O2/c1-13-9-18-20(10-13)12-16-6-4-8-21(16)17(23)15-5-3-7-19(11-15)14(2)22/h9-10,15-16H,3-8,11-12H2,1-2H3/t15-,16-/m0/s1. The summed E-state index contributed by atoms with van der Waals surface area (Å²) in [4.78, 5) is 28.4.